The van der Waals surface area contributed by atoms with Crippen LogP contribution >= 0.6 is 0 Å². The fourth-order valence-electron chi connectivity index (χ4n) is 4.21. The van der Waals surface area contributed by atoms with Gasteiger partial charge in [0.2, 0.25) is 0 Å². The Kier molecular flexibility index (Phi) is 5.00. The van der Waals surface area contributed by atoms with E-state index in [1.165, 1.54) is 0 Å². The molecule has 0 radical (unpaired) electrons. The Hall–Kier alpha value is -3.40. The van der Waals surface area contributed by atoms with E-state index in [4.69, 9.17) is 4.98 Å². The lowest BCUT2D eigenvalue weighted by atomic mass is 9.78. The summed E-state index contributed by atoms with van der Waals surface area (Å²) in [5.74, 6) is -0.957. The van der Waals surface area contributed by atoms with Crippen LogP contribution in [0.1, 0.15) is 63.0 Å². The quantitative estimate of drug-likeness (QED) is 0.375. The molecule has 164 valence electrons. The molecule has 0 atom stereocenters. The standard InChI is InChI=1S/C28H29NO3/c1-27(2,3)20-13-17(14-21(25(20)30)28(4,5)6)23-15-19(26(31)32)24-18-10-8-7-9-16(18)11-12-22(24)29-23/h7-15,30H,1-6H3,(H,31,32)/p-1. The van der Waals surface area contributed by atoms with Gasteiger partial charge in [-0.25, -0.2) is 9.78 Å². The van der Waals surface area contributed by atoms with Crippen LogP contribution in [-0.2, 0) is 10.8 Å². The van der Waals surface area contributed by atoms with Crippen LogP contribution in [0.2, 0.25) is 0 Å². The number of rotatable bonds is 2. The number of fused-ring (bicyclic) bond motifs is 3. The summed E-state index contributed by atoms with van der Waals surface area (Å²) in [4.78, 5) is 17.1. The molecule has 0 saturated heterocycles. The normalized spacial score (nSPS) is 12.4. The van der Waals surface area contributed by atoms with Crippen molar-refractivity contribution in [3.05, 3.63) is 71.3 Å². The number of carbonyl (C=O) groups is 1. The summed E-state index contributed by atoms with van der Waals surface area (Å²) >= 11 is 0. The molecule has 4 aromatic rings. The van der Waals surface area contributed by atoms with E-state index in [1.807, 2.05) is 90.1 Å². The lowest BCUT2D eigenvalue weighted by Gasteiger charge is -2.34. The third kappa shape index (κ3) is 3.70. The summed E-state index contributed by atoms with van der Waals surface area (Å²) in [5, 5.41) is 25.8. The number of carboxylic acid groups (broad SMARTS) is 1. The Morgan fingerprint density at radius 2 is 1.47 bits per heavy atom. The highest BCUT2D eigenvalue weighted by Crippen LogP contribution is 2.41. The molecule has 0 amide bonds. The van der Waals surface area contributed by atoms with Crippen LogP contribution in [0.4, 0.5) is 0 Å². The number of hydrogen-bond donors (Lipinski definition) is 1. The third-order valence-corrected chi connectivity index (χ3v) is 5.93. The lowest BCUT2D eigenvalue weighted by molar-refractivity contribution is -0.271. The third-order valence-electron chi connectivity index (χ3n) is 5.93. The summed E-state index contributed by atoms with van der Waals surface area (Å²) in [6.07, 6.45) is 0. The average molecular weight is 427 g/mol. The molecule has 0 bridgehead atoms. The Morgan fingerprint density at radius 3 is 2.03 bits per heavy atom. The van der Waals surface area contributed by atoms with Crippen molar-refractivity contribution < 1.29 is 15.0 Å². The second kappa shape index (κ2) is 7.33. The van der Waals surface area contributed by atoms with Gasteiger partial charge in [0, 0.05) is 10.9 Å². The fourth-order valence-corrected chi connectivity index (χ4v) is 4.21. The van der Waals surface area contributed by atoms with Gasteiger partial charge in [0.15, 0.2) is 0 Å². The van der Waals surface area contributed by atoms with Crippen LogP contribution in [0.15, 0.2) is 54.6 Å². The van der Waals surface area contributed by atoms with Crippen LogP contribution in [0.25, 0.3) is 32.9 Å². The zero-order chi connectivity index (χ0) is 23.4. The maximum atomic E-state index is 13.3. The molecule has 1 aromatic heterocycles. The van der Waals surface area contributed by atoms with Gasteiger partial charge in [-0.3, -0.25) is 0 Å². The van der Waals surface area contributed by atoms with Crippen molar-refractivity contribution in [2.75, 3.05) is 0 Å². The number of hydrogen-bond acceptors (Lipinski definition) is 3. The van der Waals surface area contributed by atoms with Gasteiger partial charge in [0.25, 0.3) is 0 Å². The summed E-state index contributed by atoms with van der Waals surface area (Å²) in [6, 6.07) is 16.9. The van der Waals surface area contributed by atoms with Gasteiger partial charge in [-0.15, -0.1) is 5.75 Å². The first kappa shape index (κ1) is 21.8. The molecule has 3 aromatic carbocycles. The van der Waals surface area contributed by atoms with Crippen molar-refractivity contribution in [1.29, 1.82) is 0 Å². The molecular formula is C28H28NO3-. The van der Waals surface area contributed by atoms with Gasteiger partial charge >= 0.3 is 5.97 Å². The monoisotopic (exact) mass is 426 g/mol. The van der Waals surface area contributed by atoms with E-state index < -0.39 is 5.97 Å². The minimum absolute atomic E-state index is 0.0407. The van der Waals surface area contributed by atoms with Crippen molar-refractivity contribution in [2.45, 2.75) is 52.4 Å². The molecule has 1 heterocycles. The van der Waals surface area contributed by atoms with Gasteiger partial charge in [0.05, 0.1) is 16.8 Å². The average Bonchev–Trinajstić information content (AvgIpc) is 2.71. The summed E-state index contributed by atoms with van der Waals surface area (Å²) in [7, 11) is 0. The molecule has 0 fully saturated rings. The molecule has 0 aliphatic carbocycles. The molecule has 0 saturated carbocycles. The smallest absolute Gasteiger partial charge is 0.336 e. The Bertz CT molecular complexity index is 1340. The van der Waals surface area contributed by atoms with Gasteiger partial charge in [-0.05, 0) is 57.0 Å². The summed E-state index contributed by atoms with van der Waals surface area (Å²) in [6.45, 7) is 12.1. The number of aromatic nitrogens is 1. The SMILES string of the molecule is CC(C)(C)c1cc(-c2cc(C(=O)O)c3c(ccc4ccccc43)n2)cc(C(C)(C)C)c1[O-]. The van der Waals surface area contributed by atoms with Gasteiger partial charge in [-0.2, -0.15) is 0 Å². The molecule has 0 aliphatic rings. The van der Waals surface area contributed by atoms with E-state index in [0.717, 1.165) is 16.3 Å². The van der Waals surface area contributed by atoms with Crippen molar-refractivity contribution in [3.63, 3.8) is 0 Å². The van der Waals surface area contributed by atoms with E-state index in [9.17, 15) is 15.0 Å². The maximum Gasteiger partial charge on any atom is 0.336 e. The number of aromatic carboxylic acids is 1. The van der Waals surface area contributed by atoms with E-state index in [0.29, 0.717) is 27.7 Å². The van der Waals surface area contributed by atoms with E-state index >= 15 is 0 Å². The molecule has 0 unspecified atom stereocenters. The predicted molar refractivity (Wildman–Crippen MR) is 128 cm³/mol. The summed E-state index contributed by atoms with van der Waals surface area (Å²) < 4.78 is 0. The minimum Gasteiger partial charge on any atom is -0.872 e. The van der Waals surface area contributed by atoms with Crippen LogP contribution in [0, 0.1) is 0 Å². The van der Waals surface area contributed by atoms with Gasteiger partial charge in [-0.1, -0.05) is 71.9 Å². The topological polar surface area (TPSA) is 73.2 Å². The van der Waals surface area contributed by atoms with Crippen LogP contribution in [-0.4, -0.2) is 16.1 Å². The minimum atomic E-state index is -0.998. The zero-order valence-corrected chi connectivity index (χ0v) is 19.4. The van der Waals surface area contributed by atoms with Gasteiger partial charge < -0.3 is 10.2 Å². The van der Waals surface area contributed by atoms with Crippen molar-refractivity contribution in [2.24, 2.45) is 0 Å². The molecule has 4 heteroatoms. The van der Waals surface area contributed by atoms with E-state index in [2.05, 4.69) is 0 Å². The van der Waals surface area contributed by atoms with Crippen molar-refractivity contribution >= 4 is 27.6 Å². The van der Waals surface area contributed by atoms with E-state index in [1.54, 1.807) is 6.07 Å². The van der Waals surface area contributed by atoms with Gasteiger partial charge in [0.1, 0.15) is 0 Å². The predicted octanol–water partition coefficient (Wildman–Crippen LogP) is 6.42. The summed E-state index contributed by atoms with van der Waals surface area (Å²) in [5.41, 5.74) is 2.86. The second-order valence-corrected chi connectivity index (χ2v) is 10.4. The number of carboxylic acids is 1. The zero-order valence-electron chi connectivity index (χ0n) is 19.4. The molecule has 4 rings (SSSR count). The van der Waals surface area contributed by atoms with Crippen molar-refractivity contribution in [1.82, 2.24) is 4.98 Å². The van der Waals surface area contributed by atoms with Crippen LogP contribution < -0.4 is 5.11 Å². The molecular weight excluding hydrogens is 398 g/mol. The maximum absolute atomic E-state index is 13.3. The highest BCUT2D eigenvalue weighted by atomic mass is 16.4. The molecule has 0 spiro atoms. The second-order valence-electron chi connectivity index (χ2n) is 10.4. The highest BCUT2D eigenvalue weighted by molar-refractivity contribution is 6.15. The highest BCUT2D eigenvalue weighted by Gasteiger charge is 2.24. The Morgan fingerprint density at radius 1 is 0.875 bits per heavy atom. The first-order chi connectivity index (χ1) is 14.9. The molecule has 4 nitrogen and oxygen atoms in total. The van der Waals surface area contributed by atoms with Crippen molar-refractivity contribution in [3.8, 4) is 17.0 Å². The van der Waals surface area contributed by atoms with Crippen LogP contribution in [0.3, 0.4) is 0 Å². The number of benzene rings is 3. The first-order valence-electron chi connectivity index (χ1n) is 10.8. The molecule has 0 aliphatic heterocycles. The molecule has 1 N–H and O–H groups in total. The Balaban J connectivity index is 2.08. The lowest BCUT2D eigenvalue weighted by Crippen LogP contribution is -2.21. The molecule has 32 heavy (non-hydrogen) atoms. The number of pyridine rings is 1. The Labute approximate surface area is 188 Å². The largest absolute Gasteiger partial charge is 0.872 e. The fraction of sp³-hybridized carbons (Fsp3) is 0.286. The van der Waals surface area contributed by atoms with Crippen LogP contribution in [0.5, 0.6) is 5.75 Å². The number of nitrogens with zero attached hydrogens (tertiary/aromatic N) is 1. The van der Waals surface area contributed by atoms with E-state index in [-0.39, 0.29) is 22.1 Å². The first-order valence-corrected chi connectivity index (χ1v) is 10.8.